The van der Waals surface area contributed by atoms with Crippen molar-refractivity contribution in [1.82, 2.24) is 4.90 Å². The number of carbonyl (C=O) groups excluding carboxylic acids is 1. The van der Waals surface area contributed by atoms with Gasteiger partial charge < -0.3 is 9.84 Å². The van der Waals surface area contributed by atoms with Gasteiger partial charge in [0.25, 0.3) is 0 Å². The van der Waals surface area contributed by atoms with Crippen LogP contribution in [0.2, 0.25) is 0 Å². The minimum Gasteiger partial charge on any atom is -0.494 e. The van der Waals surface area contributed by atoms with E-state index in [9.17, 15) is 14.3 Å². The molecule has 110 valence electrons. The Morgan fingerprint density at radius 3 is 2.90 bits per heavy atom. The van der Waals surface area contributed by atoms with Crippen LogP contribution in [-0.4, -0.2) is 48.6 Å². The van der Waals surface area contributed by atoms with Gasteiger partial charge in [-0.15, -0.1) is 0 Å². The molecule has 1 aromatic carbocycles. The van der Waals surface area contributed by atoms with Crippen molar-refractivity contribution in [1.29, 1.82) is 0 Å². The molecule has 20 heavy (non-hydrogen) atoms. The third kappa shape index (κ3) is 3.35. The first kappa shape index (κ1) is 14.9. The second-order valence-corrected chi connectivity index (χ2v) is 5.34. The average Bonchev–Trinajstić information content (AvgIpc) is 2.42. The molecule has 0 saturated carbocycles. The molecule has 2 rings (SSSR count). The molecule has 2 unspecified atom stereocenters. The van der Waals surface area contributed by atoms with E-state index in [1.54, 1.807) is 6.07 Å². The van der Waals surface area contributed by atoms with Crippen LogP contribution >= 0.6 is 0 Å². The van der Waals surface area contributed by atoms with Crippen LogP contribution in [0.3, 0.4) is 0 Å². The fourth-order valence-corrected chi connectivity index (χ4v) is 2.39. The summed E-state index contributed by atoms with van der Waals surface area (Å²) in [6.07, 6.45) is 0.468. The Balaban J connectivity index is 2.00. The van der Waals surface area contributed by atoms with Crippen LogP contribution in [0.25, 0.3) is 0 Å². The first-order valence-corrected chi connectivity index (χ1v) is 6.78. The van der Waals surface area contributed by atoms with Crippen molar-refractivity contribution in [3.8, 4) is 5.75 Å². The Labute approximate surface area is 118 Å². The van der Waals surface area contributed by atoms with E-state index in [1.807, 2.05) is 11.8 Å². The van der Waals surface area contributed by atoms with E-state index in [0.29, 0.717) is 12.1 Å². The number of piperidine rings is 1. The molecule has 5 heteroatoms. The lowest BCUT2D eigenvalue weighted by Gasteiger charge is -2.33. The molecule has 1 aliphatic heterocycles. The highest BCUT2D eigenvalue weighted by Gasteiger charge is 2.25. The van der Waals surface area contributed by atoms with E-state index < -0.39 is 11.9 Å². The Morgan fingerprint density at radius 2 is 2.30 bits per heavy atom. The molecule has 1 aliphatic rings. The van der Waals surface area contributed by atoms with Gasteiger partial charge in [0, 0.05) is 12.1 Å². The number of likely N-dealkylation sites (tertiary alicyclic amines) is 1. The van der Waals surface area contributed by atoms with E-state index in [4.69, 9.17) is 4.74 Å². The zero-order valence-electron chi connectivity index (χ0n) is 11.8. The van der Waals surface area contributed by atoms with Crippen LogP contribution in [-0.2, 0) is 0 Å². The zero-order valence-corrected chi connectivity index (χ0v) is 11.8. The fraction of sp³-hybridized carbons (Fsp3) is 0.533. The van der Waals surface area contributed by atoms with Crippen molar-refractivity contribution in [2.45, 2.75) is 19.4 Å². The van der Waals surface area contributed by atoms with Crippen molar-refractivity contribution in [3.05, 3.63) is 29.6 Å². The zero-order chi connectivity index (χ0) is 14.7. The van der Waals surface area contributed by atoms with Gasteiger partial charge >= 0.3 is 0 Å². The molecule has 1 heterocycles. The molecule has 0 spiro atoms. The van der Waals surface area contributed by atoms with Crippen molar-refractivity contribution in [2.75, 3.05) is 26.7 Å². The Kier molecular flexibility index (Phi) is 4.73. The number of hydrogen-bond donors (Lipinski definition) is 1. The molecule has 0 bridgehead atoms. The van der Waals surface area contributed by atoms with Crippen LogP contribution in [0.5, 0.6) is 5.75 Å². The predicted molar refractivity (Wildman–Crippen MR) is 73.5 cm³/mol. The van der Waals surface area contributed by atoms with Crippen molar-refractivity contribution in [3.63, 3.8) is 0 Å². The smallest absolute Gasteiger partial charge is 0.176 e. The second kappa shape index (κ2) is 6.33. The average molecular weight is 281 g/mol. The van der Waals surface area contributed by atoms with E-state index in [-0.39, 0.29) is 24.0 Å². The molecule has 1 aromatic rings. The molecule has 2 atom stereocenters. The summed E-state index contributed by atoms with van der Waals surface area (Å²) in [7, 11) is 1.39. The topological polar surface area (TPSA) is 49.8 Å². The van der Waals surface area contributed by atoms with Crippen LogP contribution in [0, 0.1) is 11.7 Å². The number of benzene rings is 1. The lowest BCUT2D eigenvalue weighted by atomic mass is 9.95. The van der Waals surface area contributed by atoms with Crippen LogP contribution in [0.4, 0.5) is 4.39 Å². The molecule has 1 N–H and O–H groups in total. The number of aliphatic hydroxyl groups is 1. The largest absolute Gasteiger partial charge is 0.494 e. The summed E-state index contributed by atoms with van der Waals surface area (Å²) < 4.78 is 18.4. The Hall–Kier alpha value is -1.46. The third-order valence-corrected chi connectivity index (χ3v) is 3.84. The number of rotatable bonds is 4. The first-order chi connectivity index (χ1) is 9.51. The number of carbonyl (C=O) groups is 1. The maximum atomic E-state index is 13.6. The Bertz CT molecular complexity index is 492. The molecule has 1 saturated heterocycles. The highest BCUT2D eigenvalue weighted by molar-refractivity contribution is 5.97. The van der Waals surface area contributed by atoms with Gasteiger partial charge in [-0.3, -0.25) is 9.69 Å². The minimum atomic E-state index is -0.536. The van der Waals surface area contributed by atoms with Crippen LogP contribution in [0.1, 0.15) is 23.7 Å². The summed E-state index contributed by atoms with van der Waals surface area (Å²) in [4.78, 5) is 14.0. The van der Waals surface area contributed by atoms with E-state index >= 15 is 0 Å². The molecular weight excluding hydrogens is 261 g/mol. The molecule has 4 nitrogen and oxygen atoms in total. The number of ketones is 1. The fourth-order valence-electron chi connectivity index (χ4n) is 2.39. The van der Waals surface area contributed by atoms with Gasteiger partial charge in [-0.25, -0.2) is 4.39 Å². The third-order valence-electron chi connectivity index (χ3n) is 3.84. The molecule has 0 aliphatic carbocycles. The number of halogens is 1. The minimum absolute atomic E-state index is 0.128. The normalized spacial score (nSPS) is 23.6. The molecular formula is C15H20FNO3. The summed E-state index contributed by atoms with van der Waals surface area (Å²) in [6.45, 7) is 3.48. The van der Waals surface area contributed by atoms with Gasteiger partial charge in [-0.05, 0) is 37.1 Å². The van der Waals surface area contributed by atoms with Crippen molar-refractivity contribution >= 4 is 5.78 Å². The molecule has 0 aromatic heterocycles. The molecule has 0 radical (unpaired) electrons. The highest BCUT2D eigenvalue weighted by atomic mass is 19.1. The van der Waals surface area contributed by atoms with Gasteiger partial charge in [0.2, 0.25) is 0 Å². The number of ether oxygens (including phenoxy) is 1. The second-order valence-electron chi connectivity index (χ2n) is 5.34. The predicted octanol–water partition coefficient (Wildman–Crippen LogP) is 1.72. The van der Waals surface area contributed by atoms with E-state index in [0.717, 1.165) is 13.0 Å². The maximum Gasteiger partial charge on any atom is 0.176 e. The van der Waals surface area contributed by atoms with E-state index in [1.165, 1.54) is 19.2 Å². The van der Waals surface area contributed by atoms with Gasteiger partial charge in [0.1, 0.15) is 0 Å². The number of methoxy groups -OCH3 is 1. The summed E-state index contributed by atoms with van der Waals surface area (Å²) in [5.41, 5.74) is 0.330. The van der Waals surface area contributed by atoms with Gasteiger partial charge in [0.05, 0.1) is 19.8 Å². The van der Waals surface area contributed by atoms with Crippen LogP contribution in [0.15, 0.2) is 18.2 Å². The summed E-state index contributed by atoms with van der Waals surface area (Å²) >= 11 is 0. The van der Waals surface area contributed by atoms with Crippen LogP contribution < -0.4 is 4.74 Å². The van der Waals surface area contributed by atoms with Gasteiger partial charge in [-0.1, -0.05) is 6.92 Å². The highest BCUT2D eigenvalue weighted by Crippen LogP contribution is 2.20. The molecule has 1 fully saturated rings. The molecule has 0 amide bonds. The monoisotopic (exact) mass is 281 g/mol. The number of β-amino-alcohol motifs (C(OH)–C–C–N with tert-alkyl or cyclic N) is 1. The summed E-state index contributed by atoms with van der Waals surface area (Å²) in [6, 6.07) is 4.22. The maximum absolute atomic E-state index is 13.6. The lowest BCUT2D eigenvalue weighted by molar-refractivity contribution is 0.0295. The van der Waals surface area contributed by atoms with E-state index in [2.05, 4.69) is 0 Å². The summed E-state index contributed by atoms with van der Waals surface area (Å²) in [5.74, 6) is -0.289. The van der Waals surface area contributed by atoms with Gasteiger partial charge in [0.15, 0.2) is 17.3 Å². The lowest BCUT2D eigenvalue weighted by Crippen LogP contribution is -2.44. The number of aliphatic hydroxyl groups excluding tert-OH is 1. The summed E-state index contributed by atoms with van der Waals surface area (Å²) in [5, 5.41) is 9.81. The number of Topliss-reactive ketones (excluding diaryl/α,β-unsaturated/α-hetero) is 1. The standard InChI is InChI=1S/C15H20FNO3/c1-10-5-6-17(8-13(10)18)9-14(19)11-3-4-15(20-2)12(16)7-11/h3-4,7,10,13,18H,5-6,8-9H2,1-2H3. The quantitative estimate of drug-likeness (QED) is 0.854. The number of hydrogen-bond acceptors (Lipinski definition) is 4. The number of nitrogens with zero attached hydrogens (tertiary/aromatic N) is 1. The Morgan fingerprint density at radius 1 is 1.55 bits per heavy atom. The van der Waals surface area contributed by atoms with Crippen molar-refractivity contribution in [2.24, 2.45) is 5.92 Å². The SMILES string of the molecule is COc1ccc(C(=O)CN2CCC(C)C(O)C2)cc1F. The first-order valence-electron chi connectivity index (χ1n) is 6.78. The van der Waals surface area contributed by atoms with Gasteiger partial charge in [-0.2, -0.15) is 0 Å². The van der Waals surface area contributed by atoms with Crippen molar-refractivity contribution < 1.29 is 19.0 Å².